The van der Waals surface area contributed by atoms with E-state index in [0.717, 1.165) is 12.8 Å². The Balaban J connectivity index is 1.58. The zero-order chi connectivity index (χ0) is 27.2. The first kappa shape index (κ1) is 26.9. The molecule has 0 fully saturated rings. The van der Waals surface area contributed by atoms with Crippen molar-refractivity contribution in [3.8, 4) is 22.3 Å². The molecule has 0 heterocycles. The molecule has 39 heavy (non-hydrogen) atoms. The first-order valence-corrected chi connectivity index (χ1v) is 24.6. The Labute approximate surface area is 240 Å². The number of rotatable bonds is 6. The van der Waals surface area contributed by atoms with Crippen molar-refractivity contribution in [1.82, 2.24) is 0 Å². The van der Waals surface area contributed by atoms with Crippen molar-refractivity contribution in [3.05, 3.63) is 130 Å². The molecule has 2 atom stereocenters. The van der Waals surface area contributed by atoms with E-state index in [4.69, 9.17) is 17.0 Å². The molecule has 4 aromatic carbocycles. The molecule has 0 aromatic heterocycles. The third kappa shape index (κ3) is 4.25. The van der Waals surface area contributed by atoms with Crippen LogP contribution in [-0.2, 0) is 15.9 Å². The molecule has 2 aliphatic carbocycles. The molecule has 4 aromatic rings. The van der Waals surface area contributed by atoms with E-state index < -0.39 is 15.9 Å². The van der Waals surface area contributed by atoms with Gasteiger partial charge in [-0.25, -0.2) is 0 Å². The van der Waals surface area contributed by atoms with Gasteiger partial charge in [0.2, 0.25) is 0 Å². The molecular formula is C36H34Cl2Zr. The van der Waals surface area contributed by atoms with Crippen LogP contribution in [-0.4, -0.2) is 3.71 Å². The van der Waals surface area contributed by atoms with E-state index in [2.05, 4.69) is 134 Å². The maximum atomic E-state index is 8.23. The Bertz CT molecular complexity index is 1570. The molecule has 0 aliphatic heterocycles. The van der Waals surface area contributed by atoms with Crippen molar-refractivity contribution in [2.45, 2.75) is 40.9 Å². The van der Waals surface area contributed by atoms with Gasteiger partial charge >= 0.3 is 242 Å². The van der Waals surface area contributed by atoms with Gasteiger partial charge in [0.05, 0.1) is 0 Å². The van der Waals surface area contributed by atoms with Crippen molar-refractivity contribution in [1.29, 1.82) is 0 Å². The molecular weight excluding hydrogens is 595 g/mol. The van der Waals surface area contributed by atoms with E-state index in [9.17, 15) is 0 Å². The summed E-state index contributed by atoms with van der Waals surface area (Å²) < 4.78 is 2.35. The van der Waals surface area contributed by atoms with Gasteiger partial charge in [0, 0.05) is 0 Å². The van der Waals surface area contributed by atoms with Crippen molar-refractivity contribution < 1.29 is 15.9 Å². The topological polar surface area (TPSA) is 0 Å². The quantitative estimate of drug-likeness (QED) is 0.199. The van der Waals surface area contributed by atoms with Gasteiger partial charge in [0.1, 0.15) is 0 Å². The molecule has 0 radical (unpaired) electrons. The zero-order valence-electron chi connectivity index (χ0n) is 22.8. The summed E-state index contributed by atoms with van der Waals surface area (Å²) in [6.07, 6.45) is 6.66. The van der Waals surface area contributed by atoms with Gasteiger partial charge in [0.15, 0.2) is 0 Å². The van der Waals surface area contributed by atoms with Crippen LogP contribution in [0.3, 0.4) is 0 Å². The first-order chi connectivity index (χ1) is 18.9. The Morgan fingerprint density at radius 3 is 1.36 bits per heavy atom. The number of hydrogen-bond donors (Lipinski definition) is 0. The van der Waals surface area contributed by atoms with Gasteiger partial charge in [-0.2, -0.15) is 0 Å². The number of hydrogen-bond acceptors (Lipinski definition) is 0. The second-order valence-corrected chi connectivity index (χ2v) is 32.3. The Morgan fingerprint density at radius 2 is 1.00 bits per heavy atom. The monoisotopic (exact) mass is 626 g/mol. The molecule has 0 saturated carbocycles. The molecule has 2 unspecified atom stereocenters. The molecule has 0 nitrogen and oxygen atoms in total. The Hall–Kier alpha value is -2.31. The van der Waals surface area contributed by atoms with Crippen LogP contribution in [0.4, 0.5) is 0 Å². The van der Waals surface area contributed by atoms with Crippen LogP contribution in [0.25, 0.3) is 34.4 Å². The first-order valence-electron chi connectivity index (χ1n) is 14.1. The number of allylic oxidation sites excluding steroid dienone is 2. The predicted octanol–water partition coefficient (Wildman–Crippen LogP) is 11.2. The van der Waals surface area contributed by atoms with Crippen molar-refractivity contribution >= 4 is 32.9 Å². The van der Waals surface area contributed by atoms with Crippen LogP contribution in [0.15, 0.2) is 108 Å². The van der Waals surface area contributed by atoms with Crippen molar-refractivity contribution in [2.75, 3.05) is 0 Å². The van der Waals surface area contributed by atoms with E-state index >= 15 is 0 Å². The normalized spacial score (nSPS) is 18.3. The van der Waals surface area contributed by atoms with Gasteiger partial charge in [-0.15, -0.1) is 0 Å². The molecule has 0 N–H and O–H groups in total. The molecule has 6 rings (SSSR count). The van der Waals surface area contributed by atoms with Crippen LogP contribution in [0.1, 0.15) is 63.1 Å². The van der Waals surface area contributed by atoms with Gasteiger partial charge in [-0.3, -0.25) is 0 Å². The van der Waals surface area contributed by atoms with E-state index in [-0.39, 0.29) is 7.25 Å². The van der Waals surface area contributed by atoms with Crippen molar-refractivity contribution in [3.63, 3.8) is 0 Å². The number of fused-ring (bicyclic) bond motifs is 2. The predicted molar refractivity (Wildman–Crippen MR) is 169 cm³/mol. The van der Waals surface area contributed by atoms with E-state index in [1.165, 1.54) is 55.7 Å². The molecule has 3 heteroatoms. The molecule has 196 valence electrons. The summed E-state index contributed by atoms with van der Waals surface area (Å²) in [6.45, 7) is 6.63. The second kappa shape index (κ2) is 10.3. The molecule has 0 amide bonds. The Morgan fingerprint density at radius 1 is 0.590 bits per heavy atom. The fourth-order valence-corrected chi connectivity index (χ4v) is 24.7. The second-order valence-electron chi connectivity index (χ2n) is 10.9. The van der Waals surface area contributed by atoms with Crippen LogP contribution in [0.2, 0.25) is 0 Å². The zero-order valence-corrected chi connectivity index (χ0v) is 26.8. The van der Waals surface area contributed by atoms with Crippen LogP contribution in [0.5, 0.6) is 0 Å². The fraction of sp³-hybridized carbons (Fsp3) is 0.194. The standard InChI is InChI=1S/2C17H15.C2H4.2ClH.Zr/c2*1-2-13-11-15-9-6-10-16(17(15)12-13)14-7-4-3-5-8-14;1-2;;;/h2*3-12H,2H2,1H3;1H,2H3;2*1H;/q;;;;;+2/p-2. The minimum absolute atomic E-state index is 0.0368. The van der Waals surface area contributed by atoms with Crippen LogP contribution < -0.4 is 0 Å². The van der Waals surface area contributed by atoms with Gasteiger partial charge in [0.25, 0.3) is 0 Å². The van der Waals surface area contributed by atoms with Crippen molar-refractivity contribution in [2.24, 2.45) is 0 Å². The van der Waals surface area contributed by atoms with Gasteiger partial charge in [-0.05, 0) is 0 Å². The summed E-state index contributed by atoms with van der Waals surface area (Å²) >= 11 is -4.82. The summed E-state index contributed by atoms with van der Waals surface area (Å²) in [5.41, 5.74) is 12.9. The van der Waals surface area contributed by atoms with E-state index in [0.29, 0.717) is 0 Å². The average Bonchev–Trinajstić information content (AvgIpc) is 3.58. The summed E-state index contributed by atoms with van der Waals surface area (Å²) in [5, 5.41) is 0. The minimum atomic E-state index is -4.82. The molecule has 2 aliphatic rings. The summed E-state index contributed by atoms with van der Waals surface area (Å²) in [4.78, 5) is 0. The SMILES string of the molecule is C[CH]=[Zr]([Cl])([Cl])([CH]1C(CC)=Cc2c(-c3ccccc3)cccc21)[CH]1C(CC)=Cc2c(-c3ccccc3)cccc21. The molecule has 0 bridgehead atoms. The fourth-order valence-electron chi connectivity index (χ4n) is 7.08. The number of halogens is 2. The number of benzene rings is 4. The van der Waals surface area contributed by atoms with E-state index in [1.807, 2.05) is 0 Å². The van der Waals surface area contributed by atoms with Crippen LogP contribution in [0, 0.1) is 0 Å². The van der Waals surface area contributed by atoms with Gasteiger partial charge in [-0.1, -0.05) is 0 Å². The molecule has 0 saturated heterocycles. The maximum absolute atomic E-state index is 8.23. The van der Waals surface area contributed by atoms with Crippen LogP contribution >= 0.6 is 17.0 Å². The van der Waals surface area contributed by atoms with E-state index in [1.54, 1.807) is 0 Å². The third-order valence-electron chi connectivity index (χ3n) is 8.94. The Kier molecular flexibility index (Phi) is 7.08. The summed E-state index contributed by atoms with van der Waals surface area (Å²) in [6, 6.07) is 34.7. The third-order valence-corrected chi connectivity index (χ3v) is 28.2. The van der Waals surface area contributed by atoms with Gasteiger partial charge < -0.3 is 0 Å². The summed E-state index contributed by atoms with van der Waals surface area (Å²) in [7, 11) is 16.5. The summed E-state index contributed by atoms with van der Waals surface area (Å²) in [5.74, 6) is 0. The average molecular weight is 629 g/mol. The molecule has 0 spiro atoms.